The Morgan fingerprint density at radius 1 is 0.564 bits per heavy atom. The Labute approximate surface area is 307 Å². The molecule has 1 aromatic heterocycles. The number of hydrogen-bond donors (Lipinski definition) is 14. The van der Waals surface area contributed by atoms with Gasteiger partial charge in [0.05, 0.1) is 19.8 Å². The van der Waals surface area contributed by atoms with E-state index < -0.39 is 157 Å². The topological polar surface area (TPSA) is 369 Å². The van der Waals surface area contributed by atoms with Crippen LogP contribution in [-0.2, 0) is 18.9 Å². The van der Waals surface area contributed by atoms with E-state index in [4.69, 9.17) is 32.8 Å². The highest BCUT2D eigenvalue weighted by Crippen LogP contribution is 2.45. The van der Waals surface area contributed by atoms with Gasteiger partial charge in [0.1, 0.15) is 84.0 Å². The number of phenolic OH excluding ortho intramolecular Hbond substituents is 3. The van der Waals surface area contributed by atoms with Crippen LogP contribution in [0, 0.1) is 0 Å². The minimum absolute atomic E-state index is 0.0464. The summed E-state index contributed by atoms with van der Waals surface area (Å²) < 4.78 is 39.6. The quantitative estimate of drug-likeness (QED) is 0.0912. The first kappa shape index (κ1) is 40.7. The first-order valence-electron chi connectivity index (χ1n) is 16.7. The summed E-state index contributed by atoms with van der Waals surface area (Å²) in [5.74, 6) is -4.25. The van der Waals surface area contributed by atoms with Crippen molar-refractivity contribution in [1.29, 1.82) is 0 Å². The number of phenols is 3. The van der Waals surface area contributed by atoms with Crippen LogP contribution < -0.4 is 14.9 Å². The van der Waals surface area contributed by atoms with E-state index >= 15 is 0 Å². The molecule has 2 aromatic carbocycles. The largest absolute Gasteiger partial charge is 0.508 e. The fourth-order valence-corrected chi connectivity index (χ4v) is 6.35. The molecule has 304 valence electrons. The summed E-state index contributed by atoms with van der Waals surface area (Å²) in [6.45, 7) is -2.64. The van der Waals surface area contributed by atoms with Gasteiger partial charge >= 0.3 is 0 Å². The summed E-state index contributed by atoms with van der Waals surface area (Å²) >= 11 is 0. The van der Waals surface area contributed by atoms with Crippen LogP contribution in [0.25, 0.3) is 22.3 Å². The third-order valence-electron chi connectivity index (χ3n) is 9.45. The average molecular weight is 789 g/mol. The predicted molar refractivity (Wildman–Crippen MR) is 174 cm³/mol. The lowest BCUT2D eigenvalue weighted by molar-refractivity contribution is -0.358. The lowest BCUT2D eigenvalue weighted by Crippen LogP contribution is -2.65. The molecule has 22 heteroatoms. The second-order valence-corrected chi connectivity index (χ2v) is 13.0. The van der Waals surface area contributed by atoms with Crippen molar-refractivity contribution in [2.24, 2.45) is 0 Å². The van der Waals surface area contributed by atoms with Crippen LogP contribution in [0.5, 0.6) is 28.7 Å². The molecule has 15 atom stereocenters. The summed E-state index contributed by atoms with van der Waals surface area (Å²) in [5, 5.41) is 144. The molecule has 14 N–H and O–H groups in total. The van der Waals surface area contributed by atoms with Gasteiger partial charge in [-0.2, -0.15) is 0 Å². The van der Waals surface area contributed by atoms with Gasteiger partial charge in [-0.15, -0.1) is 0 Å². The summed E-state index contributed by atoms with van der Waals surface area (Å²) in [7, 11) is 0. The van der Waals surface area contributed by atoms with E-state index in [0.717, 1.165) is 0 Å². The lowest BCUT2D eigenvalue weighted by Gasteiger charge is -2.45. The highest BCUT2D eigenvalue weighted by molar-refractivity contribution is 5.93. The summed E-state index contributed by atoms with van der Waals surface area (Å²) in [6.07, 6.45) is -27.9. The van der Waals surface area contributed by atoms with E-state index in [1.54, 1.807) is 0 Å². The second kappa shape index (κ2) is 16.3. The van der Waals surface area contributed by atoms with E-state index in [1.807, 2.05) is 0 Å². The fourth-order valence-electron chi connectivity index (χ4n) is 6.35. The second-order valence-electron chi connectivity index (χ2n) is 13.0. The van der Waals surface area contributed by atoms with Crippen molar-refractivity contribution >= 4 is 11.0 Å². The van der Waals surface area contributed by atoms with Gasteiger partial charge < -0.3 is 104 Å². The lowest BCUT2D eigenvalue weighted by atomic mass is 9.97. The van der Waals surface area contributed by atoms with Crippen molar-refractivity contribution in [1.82, 2.24) is 0 Å². The maximum absolute atomic E-state index is 14.4. The number of aromatic hydroxyl groups is 3. The molecule has 6 rings (SSSR count). The maximum Gasteiger partial charge on any atom is 0.239 e. The van der Waals surface area contributed by atoms with E-state index in [9.17, 15) is 76.3 Å². The third-order valence-corrected chi connectivity index (χ3v) is 9.45. The Morgan fingerprint density at radius 2 is 1.05 bits per heavy atom. The van der Waals surface area contributed by atoms with Crippen LogP contribution >= 0.6 is 0 Å². The van der Waals surface area contributed by atoms with Gasteiger partial charge in [0.2, 0.25) is 29.5 Å². The molecular formula is C33H40O22. The van der Waals surface area contributed by atoms with Gasteiger partial charge in [-0.3, -0.25) is 4.79 Å². The van der Waals surface area contributed by atoms with Crippen molar-refractivity contribution in [3.63, 3.8) is 0 Å². The van der Waals surface area contributed by atoms with Crippen molar-refractivity contribution in [2.75, 3.05) is 19.8 Å². The van der Waals surface area contributed by atoms with E-state index in [2.05, 4.69) is 0 Å². The number of rotatable bonds is 10. The zero-order valence-corrected chi connectivity index (χ0v) is 28.2. The number of ether oxygens (including phenoxy) is 6. The highest BCUT2D eigenvalue weighted by atomic mass is 16.8. The monoisotopic (exact) mass is 788 g/mol. The molecule has 3 fully saturated rings. The highest BCUT2D eigenvalue weighted by Gasteiger charge is 2.52. The van der Waals surface area contributed by atoms with Crippen LogP contribution in [0.4, 0.5) is 0 Å². The van der Waals surface area contributed by atoms with Crippen molar-refractivity contribution in [3.05, 3.63) is 40.6 Å². The van der Waals surface area contributed by atoms with Crippen LogP contribution in [0.2, 0.25) is 0 Å². The Bertz CT molecular complexity index is 1850. The summed E-state index contributed by atoms with van der Waals surface area (Å²) in [6, 6.07) is 5.42. The van der Waals surface area contributed by atoms with Crippen LogP contribution in [0.1, 0.15) is 0 Å². The molecule has 55 heavy (non-hydrogen) atoms. The molecule has 3 aromatic rings. The van der Waals surface area contributed by atoms with Gasteiger partial charge in [-0.25, -0.2) is 0 Å². The van der Waals surface area contributed by atoms with Crippen molar-refractivity contribution < 1.29 is 104 Å². The smallest absolute Gasteiger partial charge is 0.239 e. The zero-order chi connectivity index (χ0) is 40.0. The first-order valence-corrected chi connectivity index (χ1v) is 16.7. The van der Waals surface area contributed by atoms with Crippen LogP contribution in [0.15, 0.2) is 39.5 Å². The molecule has 3 aliphatic rings. The Hall–Kier alpha value is -3.95. The predicted octanol–water partition coefficient (Wildman–Crippen LogP) is -5.24. The molecule has 0 aliphatic carbocycles. The molecule has 0 spiro atoms. The molecule has 22 nitrogen and oxygen atoms in total. The Kier molecular flexibility index (Phi) is 12.0. The van der Waals surface area contributed by atoms with E-state index in [1.165, 1.54) is 24.3 Å². The van der Waals surface area contributed by atoms with Crippen molar-refractivity contribution in [3.8, 4) is 40.1 Å². The molecule has 4 heterocycles. The molecule has 0 saturated carbocycles. The minimum atomic E-state index is -2.06. The number of hydrogen-bond acceptors (Lipinski definition) is 22. The van der Waals surface area contributed by atoms with Crippen molar-refractivity contribution in [2.45, 2.75) is 92.1 Å². The minimum Gasteiger partial charge on any atom is -0.508 e. The summed E-state index contributed by atoms with van der Waals surface area (Å²) in [4.78, 5) is 14.4. The van der Waals surface area contributed by atoms with Gasteiger partial charge in [0.25, 0.3) is 0 Å². The van der Waals surface area contributed by atoms with E-state index in [-0.39, 0.29) is 11.3 Å². The standard InChI is InChI=1S/C33H40O22/c34-6-13-17(40)21(44)24(47)31(49-13)53-27-12(39)5-11(38)16-20(43)29(26(52-28(16)27)9-1-3-10(37)4-2-9)54-33-30(23(46)19(42)15(8-36)51-33)55-32-25(48)22(45)18(41)14(7-35)50-32/h1-5,13-15,17-19,21-25,30-42,44-48H,6-8H2/t13-,14+,15+,17+,18+,19+,21-,22-,23+,24+,25+,30-,31-,32-,33-/m0/s1. The normalized spacial score (nSPS) is 36.8. The molecule has 0 bridgehead atoms. The van der Waals surface area contributed by atoms with Gasteiger partial charge in [-0.05, 0) is 24.3 Å². The fraction of sp³-hybridized carbons (Fsp3) is 0.545. The Morgan fingerprint density at radius 3 is 1.62 bits per heavy atom. The number of benzene rings is 2. The first-order chi connectivity index (χ1) is 26.1. The van der Waals surface area contributed by atoms with Gasteiger partial charge in [-0.1, -0.05) is 0 Å². The SMILES string of the molecule is O=c1c(O[C@@H]2O[C@H](CO)[C@@H](O)[C@@H](O)[C@@H]2O[C@@H]2O[C@H](CO)[C@@H](O)[C@H](O)[C@H]2O)c(-c2ccc(O)cc2)oc2c(O[C@@H]3O[C@@H](CO)[C@@H](O)[C@H](O)[C@H]3O)c(O)cc(O)c12. The molecule has 0 amide bonds. The van der Waals surface area contributed by atoms with Gasteiger partial charge in [0.15, 0.2) is 29.5 Å². The number of aliphatic hydroxyl groups is 11. The molecular weight excluding hydrogens is 748 g/mol. The maximum atomic E-state index is 14.4. The Balaban J connectivity index is 1.47. The third kappa shape index (κ3) is 7.51. The molecule has 3 saturated heterocycles. The zero-order valence-electron chi connectivity index (χ0n) is 28.2. The molecule has 0 unspecified atom stereocenters. The van der Waals surface area contributed by atoms with E-state index in [0.29, 0.717) is 6.07 Å². The average Bonchev–Trinajstić information content (AvgIpc) is 3.16. The van der Waals surface area contributed by atoms with Crippen LogP contribution in [0.3, 0.4) is 0 Å². The number of aliphatic hydroxyl groups excluding tert-OH is 11. The van der Waals surface area contributed by atoms with Crippen LogP contribution in [-0.4, -0.2) is 183 Å². The van der Waals surface area contributed by atoms with Gasteiger partial charge in [0, 0.05) is 11.6 Å². The molecule has 0 radical (unpaired) electrons. The summed E-state index contributed by atoms with van der Waals surface area (Å²) in [5.41, 5.74) is -2.02. The molecule has 3 aliphatic heterocycles. The number of fused-ring (bicyclic) bond motifs is 1.